The van der Waals surface area contributed by atoms with Crippen molar-refractivity contribution in [2.45, 2.75) is 32.4 Å². The molecule has 4 nitrogen and oxygen atoms in total. The van der Waals surface area contributed by atoms with Crippen LogP contribution >= 0.6 is 0 Å². The molecule has 2 heterocycles. The first-order chi connectivity index (χ1) is 8.05. The lowest BCUT2D eigenvalue weighted by atomic mass is 10.1. The molecule has 1 N–H and O–H groups in total. The minimum atomic E-state index is 0.320. The van der Waals surface area contributed by atoms with Gasteiger partial charge in [0.05, 0.1) is 12.7 Å². The van der Waals surface area contributed by atoms with Crippen molar-refractivity contribution >= 4 is 0 Å². The monoisotopic (exact) mass is 241 g/mol. The molecule has 2 aliphatic heterocycles. The molecule has 2 rings (SSSR count). The second-order valence-corrected chi connectivity index (χ2v) is 6.15. The van der Waals surface area contributed by atoms with E-state index in [-0.39, 0.29) is 0 Å². The Bertz CT molecular complexity index is 227. The lowest BCUT2D eigenvalue weighted by Gasteiger charge is -2.42. The van der Waals surface area contributed by atoms with E-state index in [1.807, 2.05) is 0 Å². The molecule has 0 aromatic carbocycles. The minimum Gasteiger partial charge on any atom is -0.374 e. The summed E-state index contributed by atoms with van der Waals surface area (Å²) < 4.78 is 5.76. The summed E-state index contributed by atoms with van der Waals surface area (Å²) in [5.74, 6) is 0. The molecule has 0 amide bonds. The van der Waals surface area contributed by atoms with Gasteiger partial charge in [-0.2, -0.15) is 0 Å². The highest BCUT2D eigenvalue weighted by Crippen LogP contribution is 2.15. The lowest BCUT2D eigenvalue weighted by Crippen LogP contribution is -2.54. The van der Waals surface area contributed by atoms with E-state index in [2.05, 4.69) is 35.9 Å². The molecule has 0 aliphatic carbocycles. The van der Waals surface area contributed by atoms with Crippen molar-refractivity contribution in [1.82, 2.24) is 15.1 Å². The zero-order valence-corrected chi connectivity index (χ0v) is 11.5. The van der Waals surface area contributed by atoms with Crippen molar-refractivity contribution in [2.75, 3.05) is 52.4 Å². The Labute approximate surface area is 105 Å². The highest BCUT2D eigenvalue weighted by atomic mass is 16.5. The van der Waals surface area contributed by atoms with Crippen LogP contribution in [0, 0.1) is 0 Å². The maximum absolute atomic E-state index is 5.76. The predicted octanol–water partition coefficient (Wildman–Crippen LogP) is 0.391. The summed E-state index contributed by atoms with van der Waals surface area (Å²) in [7, 11) is 0. The Kier molecular flexibility index (Phi) is 4.42. The number of nitrogens with zero attached hydrogens (tertiary/aromatic N) is 2. The van der Waals surface area contributed by atoms with E-state index in [0.717, 1.165) is 26.2 Å². The zero-order valence-electron chi connectivity index (χ0n) is 11.5. The highest BCUT2D eigenvalue weighted by Gasteiger charge is 2.25. The normalized spacial score (nSPS) is 24.9. The molecular weight excluding hydrogens is 214 g/mol. The fourth-order valence-electron chi connectivity index (χ4n) is 2.37. The van der Waals surface area contributed by atoms with Gasteiger partial charge in [-0.1, -0.05) is 0 Å². The second-order valence-electron chi connectivity index (χ2n) is 6.15. The molecule has 0 spiro atoms. The Morgan fingerprint density at radius 1 is 1.12 bits per heavy atom. The summed E-state index contributed by atoms with van der Waals surface area (Å²) in [6.07, 6.45) is 0.478. The first kappa shape index (κ1) is 13.3. The van der Waals surface area contributed by atoms with E-state index >= 15 is 0 Å². The maximum atomic E-state index is 5.76. The summed E-state index contributed by atoms with van der Waals surface area (Å²) in [5, 5.41) is 3.23. The van der Waals surface area contributed by atoms with Crippen molar-refractivity contribution in [3.8, 4) is 0 Å². The van der Waals surface area contributed by atoms with Gasteiger partial charge in [-0.25, -0.2) is 0 Å². The third kappa shape index (κ3) is 3.91. The second kappa shape index (κ2) is 5.65. The van der Waals surface area contributed by atoms with Crippen molar-refractivity contribution in [3.63, 3.8) is 0 Å². The highest BCUT2D eigenvalue weighted by molar-refractivity contribution is 4.82. The van der Waals surface area contributed by atoms with Crippen LogP contribution in [-0.4, -0.2) is 73.9 Å². The van der Waals surface area contributed by atoms with Crippen LogP contribution < -0.4 is 5.32 Å². The van der Waals surface area contributed by atoms with Crippen LogP contribution in [0.5, 0.6) is 0 Å². The summed E-state index contributed by atoms with van der Waals surface area (Å²) in [6.45, 7) is 15.7. The molecule has 0 aromatic rings. The molecule has 0 saturated carbocycles. The van der Waals surface area contributed by atoms with Gasteiger partial charge >= 0.3 is 0 Å². The van der Waals surface area contributed by atoms with Crippen molar-refractivity contribution < 1.29 is 4.74 Å². The first-order valence-corrected chi connectivity index (χ1v) is 6.85. The van der Waals surface area contributed by atoms with Crippen LogP contribution in [0.1, 0.15) is 20.8 Å². The van der Waals surface area contributed by atoms with Gasteiger partial charge < -0.3 is 10.1 Å². The van der Waals surface area contributed by atoms with Gasteiger partial charge in [0.25, 0.3) is 0 Å². The van der Waals surface area contributed by atoms with Crippen molar-refractivity contribution in [2.24, 2.45) is 0 Å². The van der Waals surface area contributed by atoms with Crippen LogP contribution in [0.15, 0.2) is 0 Å². The number of piperazine rings is 1. The first-order valence-electron chi connectivity index (χ1n) is 6.85. The van der Waals surface area contributed by atoms with E-state index in [0.29, 0.717) is 11.6 Å². The Balaban J connectivity index is 1.58. The summed E-state index contributed by atoms with van der Waals surface area (Å²) in [5.41, 5.74) is 0.320. The lowest BCUT2D eigenvalue weighted by molar-refractivity contribution is -0.00460. The van der Waals surface area contributed by atoms with Crippen LogP contribution in [-0.2, 0) is 4.74 Å². The molecule has 0 unspecified atom stereocenters. The fraction of sp³-hybridized carbons (Fsp3) is 1.00. The van der Waals surface area contributed by atoms with E-state index in [1.165, 1.54) is 26.2 Å². The molecule has 100 valence electrons. The number of hydrogen-bond acceptors (Lipinski definition) is 4. The molecule has 0 atom stereocenters. The molecule has 17 heavy (non-hydrogen) atoms. The van der Waals surface area contributed by atoms with Gasteiger partial charge in [0.1, 0.15) is 0 Å². The molecule has 4 heteroatoms. The quantitative estimate of drug-likeness (QED) is 0.771. The maximum Gasteiger partial charge on any atom is 0.0824 e. The van der Waals surface area contributed by atoms with Crippen LogP contribution in [0.2, 0.25) is 0 Å². The largest absolute Gasteiger partial charge is 0.374 e. The molecule has 0 radical (unpaired) electrons. The number of hydrogen-bond donors (Lipinski definition) is 1. The minimum absolute atomic E-state index is 0.320. The predicted molar refractivity (Wildman–Crippen MR) is 70.4 cm³/mol. The zero-order chi connectivity index (χ0) is 12.3. The standard InChI is InChI=1S/C13H27N3O/c1-13(2,3)16-6-4-15(5-7-16)8-9-17-12-10-14-11-12/h12,14H,4-11H2,1-3H3. The van der Waals surface area contributed by atoms with E-state index in [4.69, 9.17) is 4.74 Å². The van der Waals surface area contributed by atoms with Gasteiger partial charge in [-0.3, -0.25) is 9.80 Å². The molecule has 2 fully saturated rings. The average molecular weight is 241 g/mol. The summed E-state index contributed by atoms with van der Waals surface area (Å²) in [4.78, 5) is 5.09. The van der Waals surface area contributed by atoms with Crippen LogP contribution in [0.4, 0.5) is 0 Å². The van der Waals surface area contributed by atoms with Gasteiger partial charge in [0, 0.05) is 51.4 Å². The van der Waals surface area contributed by atoms with Gasteiger partial charge in [-0.15, -0.1) is 0 Å². The Morgan fingerprint density at radius 3 is 2.24 bits per heavy atom. The number of ether oxygens (including phenoxy) is 1. The topological polar surface area (TPSA) is 27.7 Å². The average Bonchev–Trinajstić information content (AvgIpc) is 2.21. The SMILES string of the molecule is CC(C)(C)N1CCN(CCOC2CNC2)CC1. The Hall–Kier alpha value is -0.160. The molecule has 2 aliphatic rings. The van der Waals surface area contributed by atoms with E-state index in [1.54, 1.807) is 0 Å². The van der Waals surface area contributed by atoms with Crippen molar-refractivity contribution in [1.29, 1.82) is 0 Å². The third-order valence-corrected chi connectivity index (χ3v) is 3.83. The van der Waals surface area contributed by atoms with Crippen molar-refractivity contribution in [3.05, 3.63) is 0 Å². The van der Waals surface area contributed by atoms with Gasteiger partial charge in [-0.05, 0) is 20.8 Å². The fourth-order valence-corrected chi connectivity index (χ4v) is 2.37. The summed E-state index contributed by atoms with van der Waals surface area (Å²) >= 11 is 0. The number of rotatable bonds is 4. The van der Waals surface area contributed by atoms with E-state index < -0.39 is 0 Å². The molecule has 0 aromatic heterocycles. The van der Waals surface area contributed by atoms with Crippen LogP contribution in [0.3, 0.4) is 0 Å². The number of nitrogens with one attached hydrogen (secondary N) is 1. The van der Waals surface area contributed by atoms with Gasteiger partial charge in [0.2, 0.25) is 0 Å². The molecule has 2 saturated heterocycles. The van der Waals surface area contributed by atoms with Gasteiger partial charge in [0.15, 0.2) is 0 Å². The third-order valence-electron chi connectivity index (χ3n) is 3.83. The molecular formula is C13H27N3O. The molecule has 0 bridgehead atoms. The van der Waals surface area contributed by atoms with Crippen LogP contribution in [0.25, 0.3) is 0 Å². The van der Waals surface area contributed by atoms with E-state index in [9.17, 15) is 0 Å². The summed E-state index contributed by atoms with van der Waals surface area (Å²) in [6, 6.07) is 0. The smallest absolute Gasteiger partial charge is 0.0824 e. The Morgan fingerprint density at radius 2 is 1.76 bits per heavy atom.